The first-order valence-electron chi connectivity index (χ1n) is 8.84. The summed E-state index contributed by atoms with van der Waals surface area (Å²) < 4.78 is 11.0. The first-order valence-corrected chi connectivity index (χ1v) is 8.84. The molecule has 4 rings (SSSR count). The zero-order valence-electron chi connectivity index (χ0n) is 14.4. The van der Waals surface area contributed by atoms with Gasteiger partial charge in [0.15, 0.2) is 0 Å². The molecule has 0 N–H and O–H groups in total. The van der Waals surface area contributed by atoms with Gasteiger partial charge in [-0.1, -0.05) is 13.5 Å². The smallest absolute Gasteiger partial charge is 0.333 e. The summed E-state index contributed by atoms with van der Waals surface area (Å²) in [5.74, 6) is 0.949. The molecule has 2 atom stereocenters. The van der Waals surface area contributed by atoms with Crippen LogP contribution in [0.1, 0.15) is 65.2 Å². The highest BCUT2D eigenvalue weighted by Gasteiger charge is 2.57. The molecular weight excluding hydrogens is 292 g/mol. The predicted octanol–water partition coefficient (Wildman–Crippen LogP) is 3.79. The molecule has 0 heterocycles. The maximum atomic E-state index is 12.2. The number of hydrogen-bond acceptors (Lipinski definition) is 4. The summed E-state index contributed by atoms with van der Waals surface area (Å²) in [5, 5.41) is 0. The van der Waals surface area contributed by atoms with Crippen LogP contribution in [0.25, 0.3) is 0 Å². The van der Waals surface area contributed by atoms with Crippen LogP contribution in [0.4, 0.5) is 0 Å². The Labute approximate surface area is 138 Å². The summed E-state index contributed by atoms with van der Waals surface area (Å²) in [6, 6.07) is 0. The SMILES string of the molecule is C=C(C)C(=O)OCCCC(=O)OC12CC3CC(CC(C)(C3)C1)C2. The lowest BCUT2D eigenvalue weighted by Crippen LogP contribution is -2.56. The minimum atomic E-state index is -0.396. The van der Waals surface area contributed by atoms with E-state index < -0.39 is 5.97 Å². The molecule has 4 heteroatoms. The van der Waals surface area contributed by atoms with Crippen molar-refractivity contribution >= 4 is 11.9 Å². The molecule has 2 unspecified atom stereocenters. The first kappa shape index (κ1) is 16.5. The fraction of sp³-hybridized carbons (Fsp3) is 0.789. The van der Waals surface area contributed by atoms with Crippen LogP contribution in [0.15, 0.2) is 12.2 Å². The van der Waals surface area contributed by atoms with Crippen LogP contribution < -0.4 is 0 Å². The van der Waals surface area contributed by atoms with E-state index in [9.17, 15) is 9.59 Å². The van der Waals surface area contributed by atoms with Crippen molar-refractivity contribution in [2.75, 3.05) is 6.61 Å². The summed E-state index contributed by atoms with van der Waals surface area (Å²) in [7, 11) is 0. The Morgan fingerprint density at radius 3 is 2.39 bits per heavy atom. The molecule has 0 aromatic carbocycles. The van der Waals surface area contributed by atoms with Gasteiger partial charge in [0.05, 0.1) is 6.61 Å². The highest BCUT2D eigenvalue weighted by molar-refractivity contribution is 5.86. The van der Waals surface area contributed by atoms with Crippen molar-refractivity contribution in [2.24, 2.45) is 17.3 Å². The fourth-order valence-corrected chi connectivity index (χ4v) is 5.54. The van der Waals surface area contributed by atoms with Gasteiger partial charge in [0.1, 0.15) is 5.60 Å². The van der Waals surface area contributed by atoms with Crippen LogP contribution in [0.3, 0.4) is 0 Å². The molecule has 0 saturated heterocycles. The Morgan fingerprint density at radius 1 is 1.17 bits per heavy atom. The van der Waals surface area contributed by atoms with Gasteiger partial charge < -0.3 is 9.47 Å². The van der Waals surface area contributed by atoms with Crippen LogP contribution in [-0.2, 0) is 19.1 Å². The van der Waals surface area contributed by atoms with E-state index in [1.54, 1.807) is 6.92 Å². The maximum absolute atomic E-state index is 12.2. The van der Waals surface area contributed by atoms with Crippen molar-refractivity contribution in [1.82, 2.24) is 0 Å². The van der Waals surface area contributed by atoms with Crippen molar-refractivity contribution in [2.45, 2.75) is 70.8 Å². The van der Waals surface area contributed by atoms with Crippen molar-refractivity contribution in [3.63, 3.8) is 0 Å². The second-order valence-corrected chi connectivity index (χ2v) is 8.45. The third-order valence-electron chi connectivity index (χ3n) is 5.74. The second kappa shape index (κ2) is 5.95. The standard InChI is InChI=1S/C19H28O4/c1-13(2)17(21)22-6-4-5-16(20)23-19-10-14-7-15(11-19)9-18(3,8-14)12-19/h14-15H,1,4-12H2,2-3H3. The Balaban J connectivity index is 1.47. The van der Waals surface area contributed by atoms with Crippen molar-refractivity contribution in [1.29, 1.82) is 0 Å². The van der Waals surface area contributed by atoms with Gasteiger partial charge in [0.25, 0.3) is 0 Å². The Morgan fingerprint density at radius 2 is 1.83 bits per heavy atom. The highest BCUT2D eigenvalue weighted by atomic mass is 16.6. The van der Waals surface area contributed by atoms with Gasteiger partial charge in [-0.15, -0.1) is 0 Å². The number of carbonyl (C=O) groups excluding carboxylic acids is 2. The van der Waals surface area contributed by atoms with Gasteiger partial charge in [0.2, 0.25) is 0 Å². The van der Waals surface area contributed by atoms with Gasteiger partial charge >= 0.3 is 11.9 Å². The molecule has 23 heavy (non-hydrogen) atoms. The molecule has 4 aliphatic rings. The van der Waals surface area contributed by atoms with E-state index in [1.165, 1.54) is 19.3 Å². The number of rotatable bonds is 6. The Kier molecular flexibility index (Phi) is 4.28. The van der Waals surface area contributed by atoms with E-state index in [0.717, 1.165) is 31.1 Å². The lowest BCUT2D eigenvalue weighted by molar-refractivity contribution is -0.199. The lowest BCUT2D eigenvalue weighted by atomic mass is 9.48. The van der Waals surface area contributed by atoms with E-state index in [2.05, 4.69) is 13.5 Å². The Bertz CT molecular complexity index is 507. The summed E-state index contributed by atoms with van der Waals surface area (Å²) in [4.78, 5) is 23.5. The second-order valence-electron chi connectivity index (χ2n) is 8.45. The molecule has 0 radical (unpaired) electrons. The minimum Gasteiger partial charge on any atom is -0.462 e. The third-order valence-corrected chi connectivity index (χ3v) is 5.74. The first-order chi connectivity index (χ1) is 10.8. The van der Waals surface area contributed by atoms with Gasteiger partial charge in [-0.2, -0.15) is 0 Å². The quantitative estimate of drug-likeness (QED) is 0.424. The van der Waals surface area contributed by atoms with E-state index >= 15 is 0 Å². The number of esters is 2. The zero-order chi connectivity index (χ0) is 16.7. The molecule has 4 fully saturated rings. The van der Waals surface area contributed by atoms with Crippen LogP contribution in [0.5, 0.6) is 0 Å². The summed E-state index contributed by atoms with van der Waals surface area (Å²) in [6.45, 7) is 7.76. The minimum absolute atomic E-state index is 0.137. The number of ether oxygens (including phenoxy) is 2. The van der Waals surface area contributed by atoms with Gasteiger partial charge in [-0.3, -0.25) is 4.79 Å². The molecular formula is C19H28O4. The van der Waals surface area contributed by atoms with Gasteiger partial charge in [-0.05, 0) is 69.1 Å². The summed E-state index contributed by atoms with van der Waals surface area (Å²) >= 11 is 0. The van der Waals surface area contributed by atoms with Gasteiger partial charge in [-0.25, -0.2) is 4.79 Å². The molecule has 4 nitrogen and oxygen atoms in total. The maximum Gasteiger partial charge on any atom is 0.333 e. The van der Waals surface area contributed by atoms with Crippen LogP contribution >= 0.6 is 0 Å². The molecule has 0 amide bonds. The largest absolute Gasteiger partial charge is 0.462 e. The monoisotopic (exact) mass is 320 g/mol. The van der Waals surface area contributed by atoms with Crippen molar-refractivity contribution in [3.8, 4) is 0 Å². The average molecular weight is 320 g/mol. The molecule has 4 bridgehead atoms. The predicted molar refractivity (Wildman–Crippen MR) is 86.6 cm³/mol. The zero-order valence-corrected chi connectivity index (χ0v) is 14.4. The van der Waals surface area contributed by atoms with Crippen molar-refractivity contribution < 1.29 is 19.1 Å². The van der Waals surface area contributed by atoms with Crippen LogP contribution in [-0.4, -0.2) is 24.1 Å². The van der Waals surface area contributed by atoms with E-state index in [1.807, 2.05) is 0 Å². The fourth-order valence-electron chi connectivity index (χ4n) is 5.54. The molecule has 4 saturated carbocycles. The van der Waals surface area contributed by atoms with Gasteiger partial charge in [0, 0.05) is 12.0 Å². The molecule has 4 aliphatic carbocycles. The normalized spacial score (nSPS) is 37.5. The number of carbonyl (C=O) groups is 2. The van der Waals surface area contributed by atoms with Crippen LogP contribution in [0.2, 0.25) is 0 Å². The van der Waals surface area contributed by atoms with Crippen LogP contribution in [0, 0.1) is 17.3 Å². The van der Waals surface area contributed by atoms with E-state index in [-0.39, 0.29) is 18.2 Å². The van der Waals surface area contributed by atoms with E-state index in [4.69, 9.17) is 9.47 Å². The van der Waals surface area contributed by atoms with E-state index in [0.29, 0.717) is 23.8 Å². The Hall–Kier alpha value is -1.32. The molecule has 128 valence electrons. The lowest BCUT2D eigenvalue weighted by Gasteiger charge is -2.60. The van der Waals surface area contributed by atoms with Crippen molar-refractivity contribution in [3.05, 3.63) is 12.2 Å². The topological polar surface area (TPSA) is 52.6 Å². The summed E-state index contributed by atoms with van der Waals surface area (Å²) in [6.07, 6.45) is 7.90. The average Bonchev–Trinajstić information content (AvgIpc) is 2.39. The summed E-state index contributed by atoms with van der Waals surface area (Å²) in [5.41, 5.74) is 0.556. The molecule has 0 aromatic heterocycles. The highest BCUT2D eigenvalue weighted by Crippen LogP contribution is 2.62. The molecule has 0 aromatic rings. The molecule has 0 spiro atoms. The number of hydrogen-bond donors (Lipinski definition) is 0. The third kappa shape index (κ3) is 3.61. The molecule has 0 aliphatic heterocycles.